The van der Waals surface area contributed by atoms with Gasteiger partial charge in [-0.25, -0.2) is 21.6 Å². The van der Waals surface area contributed by atoms with Crippen molar-refractivity contribution in [2.24, 2.45) is 0 Å². The van der Waals surface area contributed by atoms with Crippen LogP contribution in [0, 0.1) is 0 Å². The molecule has 2 aromatic carbocycles. The first kappa shape index (κ1) is 45.0. The van der Waals surface area contributed by atoms with Crippen molar-refractivity contribution in [3.8, 4) is 0 Å². The number of carbonyl (C=O) groups is 3. The maximum Gasteiger partial charge on any atom is 1.00 e. The minimum atomic E-state index is -4.68. The first-order chi connectivity index (χ1) is 26.2. The normalized spacial score (nSPS) is 20.4. The molecule has 13 nitrogen and oxygen atoms in total. The Bertz CT molecular complexity index is 2380. The van der Waals surface area contributed by atoms with Crippen LogP contribution in [0.4, 0.5) is 11.4 Å². The zero-order chi connectivity index (χ0) is 40.8. The van der Waals surface area contributed by atoms with Crippen LogP contribution in [0.1, 0.15) is 96.6 Å². The maximum absolute atomic E-state index is 12.3. The van der Waals surface area contributed by atoms with E-state index in [9.17, 15) is 40.3 Å². The van der Waals surface area contributed by atoms with Crippen molar-refractivity contribution >= 4 is 55.1 Å². The molecule has 1 fully saturated rings. The number of unbranched alkanes of at least 4 members (excludes halogenated alkanes) is 2. The zero-order valence-electron chi connectivity index (χ0n) is 33.2. The van der Waals surface area contributed by atoms with E-state index in [2.05, 4.69) is 23.1 Å². The molecule has 1 aliphatic carbocycles. The third kappa shape index (κ3) is 9.55. The topological polar surface area (TPSA) is 184 Å². The van der Waals surface area contributed by atoms with E-state index in [-0.39, 0.29) is 80.4 Å². The van der Waals surface area contributed by atoms with Crippen molar-refractivity contribution in [1.82, 2.24) is 5.06 Å². The van der Waals surface area contributed by atoms with Crippen molar-refractivity contribution in [1.29, 1.82) is 0 Å². The third-order valence-electron chi connectivity index (χ3n) is 11.1. The Morgan fingerprint density at radius 1 is 0.825 bits per heavy atom. The Kier molecular flexibility index (Phi) is 13.6. The fourth-order valence-corrected chi connectivity index (χ4v) is 9.05. The van der Waals surface area contributed by atoms with Crippen molar-refractivity contribution < 1.29 is 101 Å². The summed E-state index contributed by atoms with van der Waals surface area (Å²) in [7, 11) is -7.36. The van der Waals surface area contributed by atoms with Crippen LogP contribution in [0.3, 0.4) is 0 Å². The Labute approximate surface area is 377 Å². The van der Waals surface area contributed by atoms with Crippen molar-refractivity contribution in [3.63, 3.8) is 0 Å². The number of hydrogen-bond donors (Lipinski definition) is 0. The van der Waals surface area contributed by atoms with Gasteiger partial charge in [0.1, 0.15) is 27.3 Å². The molecule has 0 N–H and O–H groups in total. The van der Waals surface area contributed by atoms with Crippen LogP contribution < -0.4 is 56.3 Å². The van der Waals surface area contributed by atoms with E-state index >= 15 is 0 Å². The number of hydroxylamine groups is 2. The second kappa shape index (κ2) is 17.3. The van der Waals surface area contributed by atoms with Gasteiger partial charge in [-0.1, -0.05) is 38.5 Å². The number of carbonyl (C=O) groups excluding carboxylic acids is 3. The minimum absolute atomic E-state index is 0. The van der Waals surface area contributed by atoms with E-state index in [1.165, 1.54) is 24.3 Å². The number of rotatable bonds is 12. The molecule has 0 spiro atoms. The summed E-state index contributed by atoms with van der Waals surface area (Å²) >= 11 is 0. The van der Waals surface area contributed by atoms with Crippen LogP contribution in [0.15, 0.2) is 93.4 Å². The van der Waals surface area contributed by atoms with Crippen molar-refractivity contribution in [2.75, 3.05) is 18.5 Å². The van der Waals surface area contributed by atoms with Crippen LogP contribution in [-0.2, 0) is 50.3 Å². The first-order valence-corrected chi connectivity index (χ1v) is 21.5. The van der Waals surface area contributed by atoms with E-state index in [1.54, 1.807) is 12.1 Å². The van der Waals surface area contributed by atoms with E-state index in [4.69, 9.17) is 4.84 Å². The molecule has 1 saturated heterocycles. The molecule has 3 heterocycles. The Balaban J connectivity index is 0.00000620. The Morgan fingerprint density at radius 3 is 2.11 bits per heavy atom. The molecule has 0 radical (unpaired) electrons. The fraction of sp³-hybridized carbons (Fsp3) is 0.415. The molecule has 3 aliphatic heterocycles. The summed E-state index contributed by atoms with van der Waals surface area (Å²) < 4.78 is 73.2. The molecule has 16 heteroatoms. The van der Waals surface area contributed by atoms with Gasteiger partial charge in [-0.15, -0.1) is 5.06 Å². The molecule has 4 aliphatic rings. The molecule has 57 heavy (non-hydrogen) atoms. The molecule has 298 valence electrons. The van der Waals surface area contributed by atoms with Crippen molar-refractivity contribution in [3.05, 3.63) is 94.7 Å². The summed E-state index contributed by atoms with van der Waals surface area (Å²) in [6.45, 7) is 8.53. The molecule has 0 bridgehead atoms. The second-order valence-electron chi connectivity index (χ2n) is 15.7. The fourth-order valence-electron chi connectivity index (χ4n) is 8.06. The summed E-state index contributed by atoms with van der Waals surface area (Å²) in [5.74, 6) is -1.70. The van der Waals surface area contributed by atoms with Gasteiger partial charge in [-0.2, -0.15) is 4.58 Å². The summed E-state index contributed by atoms with van der Waals surface area (Å²) in [6, 6.07) is 8.93. The van der Waals surface area contributed by atoms with E-state index < -0.39 is 48.8 Å². The predicted molar refractivity (Wildman–Crippen MR) is 206 cm³/mol. The number of amides is 2. The van der Waals surface area contributed by atoms with Crippen LogP contribution >= 0.6 is 0 Å². The molecule has 2 amide bonds. The van der Waals surface area contributed by atoms with E-state index in [0.29, 0.717) is 36.4 Å². The van der Waals surface area contributed by atoms with Gasteiger partial charge in [-0.05, 0) is 99.1 Å². The van der Waals surface area contributed by atoms with Gasteiger partial charge in [0.15, 0.2) is 5.71 Å². The van der Waals surface area contributed by atoms with Gasteiger partial charge in [0.2, 0.25) is 5.69 Å². The summed E-state index contributed by atoms with van der Waals surface area (Å²) in [5.41, 5.74) is 6.01. The number of hydrogen-bond acceptors (Lipinski definition) is 11. The van der Waals surface area contributed by atoms with Gasteiger partial charge >= 0.3 is 57.4 Å². The van der Waals surface area contributed by atoms with Gasteiger partial charge in [0.25, 0.3) is 11.8 Å². The van der Waals surface area contributed by atoms with Crippen LogP contribution in [0.25, 0.3) is 0 Å². The molecule has 6 rings (SSSR count). The number of benzene rings is 2. The van der Waals surface area contributed by atoms with Gasteiger partial charge in [0.05, 0.1) is 15.2 Å². The number of imide groups is 1. The standard InChI is InChI=1S/C41H47N3O10S2.K/c1-40(2)31-25-29(55(48,49)50)15-17-33(31)42(5)35(40)19-13-27-10-9-11-28(24-27)14-20-36-41(3,4)32-26-30(56(51,52)53)16-18-34(32)43(36)23-8-6-7-12-39(47)54-44-37(45)21-22-38(44)46;/h13-20,24-26H,6-12,21-23H2,1-5H3,(H-,48,49,50,51,52,53);/q;+1/p-1. The summed E-state index contributed by atoms with van der Waals surface area (Å²) in [5, 5.41) is 0.547. The van der Waals surface area contributed by atoms with Crippen LogP contribution in [0.2, 0.25) is 0 Å². The van der Waals surface area contributed by atoms with E-state index in [0.717, 1.165) is 58.8 Å². The number of allylic oxidation sites excluding steroid dienone is 8. The van der Waals surface area contributed by atoms with Gasteiger partial charge in [-0.3, -0.25) is 9.59 Å². The van der Waals surface area contributed by atoms with E-state index in [1.807, 2.05) is 51.5 Å². The first-order valence-electron chi connectivity index (χ1n) is 18.7. The average Bonchev–Trinajstić information content (AvgIpc) is 3.63. The smallest absolute Gasteiger partial charge is 0.744 e. The number of anilines is 1. The van der Waals surface area contributed by atoms with Crippen LogP contribution in [0.5, 0.6) is 0 Å². The molecule has 0 aromatic heterocycles. The largest absolute Gasteiger partial charge is 1.00 e. The molecular weight excluding hydrogens is 798 g/mol. The van der Waals surface area contributed by atoms with Crippen molar-refractivity contribution in [2.45, 2.75) is 106 Å². The summed E-state index contributed by atoms with van der Waals surface area (Å²) in [4.78, 5) is 42.4. The third-order valence-corrected chi connectivity index (χ3v) is 12.8. The Morgan fingerprint density at radius 2 is 1.46 bits per heavy atom. The van der Waals surface area contributed by atoms with Gasteiger partial charge in [0, 0.05) is 60.3 Å². The Hall–Kier alpha value is -3.06. The molecular formula is C41H46KN3O10S2. The SMILES string of the molecule is C[N+]1=C(/C=C/C2=CC(=C\C=C3/N(CCCCCC(=O)ON4C(=O)CCC4=O)c4ccc(S(=O)(=O)[O-])cc4C3(C)C)/CCC2)C(C)(C)c2cc(S(=O)(=O)[O-])ccc21.[K+]. The quantitative estimate of drug-likeness (QED) is 0.101. The molecule has 0 saturated carbocycles. The van der Waals surface area contributed by atoms with Crippen LogP contribution in [-0.4, -0.2) is 72.7 Å². The number of fused-ring (bicyclic) bond motifs is 2. The monoisotopic (exact) mass is 843 g/mol. The molecule has 2 aromatic rings. The maximum atomic E-state index is 12.3. The summed E-state index contributed by atoms with van der Waals surface area (Å²) in [6.07, 6.45) is 14.9. The predicted octanol–water partition coefficient (Wildman–Crippen LogP) is 2.95. The molecule has 0 unspecified atom stereocenters. The van der Waals surface area contributed by atoms with Gasteiger partial charge < -0.3 is 18.8 Å². The molecule has 0 atom stereocenters. The zero-order valence-corrected chi connectivity index (χ0v) is 37.9. The average molecular weight is 844 g/mol. The second-order valence-corrected chi connectivity index (χ2v) is 18.4. The minimum Gasteiger partial charge on any atom is -0.744 e. The number of nitrogens with zero attached hydrogens (tertiary/aromatic N) is 3.